The second kappa shape index (κ2) is 5.33. The van der Waals surface area contributed by atoms with E-state index in [-0.39, 0.29) is 17.9 Å². The van der Waals surface area contributed by atoms with Crippen LogP contribution in [0.5, 0.6) is 0 Å². The van der Waals surface area contributed by atoms with Crippen LogP contribution in [0, 0.1) is 5.92 Å². The number of carbonyl (C=O) groups excluding carboxylic acids is 1. The van der Waals surface area contributed by atoms with Crippen LogP contribution >= 0.6 is 0 Å². The Hall–Kier alpha value is -0.650. The summed E-state index contributed by atoms with van der Waals surface area (Å²) in [6.45, 7) is 3.08. The first-order valence-corrected chi connectivity index (χ1v) is 6.38. The molecule has 2 aliphatic rings. The Morgan fingerprint density at radius 3 is 2.82 bits per heavy atom. The van der Waals surface area contributed by atoms with Crippen LogP contribution in [-0.2, 0) is 9.53 Å². The van der Waals surface area contributed by atoms with Gasteiger partial charge in [-0.2, -0.15) is 0 Å². The van der Waals surface area contributed by atoms with Crippen LogP contribution in [0.15, 0.2) is 0 Å². The molecule has 3 unspecified atom stereocenters. The van der Waals surface area contributed by atoms with Crippen LogP contribution in [0.2, 0.25) is 0 Å². The van der Waals surface area contributed by atoms with Crippen LogP contribution in [0.25, 0.3) is 0 Å². The average molecular weight is 241 g/mol. The first kappa shape index (κ1) is 12.8. The molecular formula is C12H23N3O2. The Morgan fingerprint density at radius 2 is 2.24 bits per heavy atom. The predicted octanol–water partition coefficient (Wildman–Crippen LogP) is -0.487. The number of ether oxygens (including phenoxy) is 1. The van der Waals surface area contributed by atoms with Gasteiger partial charge in [-0.25, -0.2) is 0 Å². The SMILES string of the molecule is CN1CCCC(N(C)C(=O)C2COCC2N)C1. The highest BCUT2D eigenvalue weighted by atomic mass is 16.5. The van der Waals surface area contributed by atoms with Crippen molar-refractivity contribution in [3.05, 3.63) is 0 Å². The van der Waals surface area contributed by atoms with E-state index in [0.717, 1.165) is 25.9 Å². The maximum Gasteiger partial charge on any atom is 0.229 e. The van der Waals surface area contributed by atoms with E-state index >= 15 is 0 Å². The van der Waals surface area contributed by atoms with Crippen molar-refractivity contribution in [3.63, 3.8) is 0 Å². The van der Waals surface area contributed by atoms with Crippen LogP contribution in [0.1, 0.15) is 12.8 Å². The van der Waals surface area contributed by atoms with Gasteiger partial charge < -0.3 is 20.3 Å². The van der Waals surface area contributed by atoms with E-state index in [2.05, 4.69) is 11.9 Å². The summed E-state index contributed by atoms with van der Waals surface area (Å²) in [5, 5.41) is 0. The molecule has 2 heterocycles. The highest BCUT2D eigenvalue weighted by molar-refractivity contribution is 5.80. The maximum absolute atomic E-state index is 12.3. The second-order valence-electron chi connectivity index (χ2n) is 5.32. The van der Waals surface area contributed by atoms with Crippen LogP contribution in [0.4, 0.5) is 0 Å². The minimum atomic E-state index is -0.146. The molecule has 1 amide bonds. The lowest BCUT2D eigenvalue weighted by Gasteiger charge is -2.37. The third-order valence-corrected chi connectivity index (χ3v) is 3.94. The molecule has 2 saturated heterocycles. The zero-order valence-electron chi connectivity index (χ0n) is 10.8. The summed E-state index contributed by atoms with van der Waals surface area (Å²) in [6, 6.07) is 0.195. The summed E-state index contributed by atoms with van der Waals surface area (Å²) in [6.07, 6.45) is 2.25. The maximum atomic E-state index is 12.3. The molecule has 0 aromatic heterocycles. The van der Waals surface area contributed by atoms with Crippen LogP contribution in [0.3, 0.4) is 0 Å². The van der Waals surface area contributed by atoms with Crippen LogP contribution < -0.4 is 5.73 Å². The number of nitrogens with zero attached hydrogens (tertiary/aromatic N) is 2. The van der Waals surface area contributed by atoms with Gasteiger partial charge in [0, 0.05) is 25.7 Å². The van der Waals surface area contributed by atoms with E-state index in [9.17, 15) is 4.79 Å². The molecule has 0 spiro atoms. The highest BCUT2D eigenvalue weighted by Gasteiger charge is 2.35. The lowest BCUT2D eigenvalue weighted by molar-refractivity contribution is -0.137. The Bertz CT molecular complexity index is 285. The number of nitrogens with two attached hydrogens (primary N) is 1. The molecule has 2 rings (SSSR count). The van der Waals surface area contributed by atoms with Crippen molar-refractivity contribution < 1.29 is 9.53 Å². The van der Waals surface area contributed by atoms with Crippen molar-refractivity contribution in [1.29, 1.82) is 0 Å². The zero-order valence-corrected chi connectivity index (χ0v) is 10.8. The number of piperidine rings is 1. The summed E-state index contributed by atoms with van der Waals surface area (Å²) < 4.78 is 5.27. The lowest BCUT2D eigenvalue weighted by Crippen LogP contribution is -2.51. The number of carbonyl (C=O) groups is 1. The van der Waals surface area contributed by atoms with E-state index in [1.54, 1.807) is 0 Å². The summed E-state index contributed by atoms with van der Waals surface area (Å²) in [4.78, 5) is 16.5. The standard InChI is InChI=1S/C12H23N3O2/c1-14-5-3-4-9(6-14)15(2)12(16)10-7-17-8-11(10)13/h9-11H,3-8,13H2,1-2H3. The summed E-state index contributed by atoms with van der Waals surface area (Å²) in [7, 11) is 4.01. The van der Waals surface area contributed by atoms with Crippen molar-refractivity contribution in [3.8, 4) is 0 Å². The molecule has 0 radical (unpaired) electrons. The Kier molecular flexibility index (Phi) is 4.01. The fraction of sp³-hybridized carbons (Fsp3) is 0.917. The number of hydrogen-bond acceptors (Lipinski definition) is 4. The lowest BCUT2D eigenvalue weighted by atomic mass is 9.99. The molecule has 5 heteroatoms. The number of likely N-dealkylation sites (N-methyl/N-ethyl adjacent to an activating group) is 2. The van der Waals surface area contributed by atoms with Crippen molar-refractivity contribution in [2.75, 3.05) is 40.4 Å². The van der Waals surface area contributed by atoms with E-state index < -0.39 is 0 Å². The van der Waals surface area contributed by atoms with Gasteiger partial charge in [0.25, 0.3) is 0 Å². The number of hydrogen-bond donors (Lipinski definition) is 1. The molecule has 0 aliphatic carbocycles. The fourth-order valence-corrected chi connectivity index (χ4v) is 2.72. The third-order valence-electron chi connectivity index (χ3n) is 3.94. The van der Waals surface area contributed by atoms with Crippen molar-refractivity contribution >= 4 is 5.91 Å². The first-order chi connectivity index (χ1) is 8.09. The molecule has 0 aromatic rings. The molecule has 98 valence electrons. The fourth-order valence-electron chi connectivity index (χ4n) is 2.72. The van der Waals surface area contributed by atoms with Gasteiger partial charge in [0.2, 0.25) is 5.91 Å². The third kappa shape index (κ3) is 2.78. The molecule has 5 nitrogen and oxygen atoms in total. The molecule has 0 aromatic carbocycles. The average Bonchev–Trinajstić information content (AvgIpc) is 2.73. The Labute approximate surface area is 103 Å². The molecule has 2 N–H and O–H groups in total. The van der Waals surface area contributed by atoms with Gasteiger partial charge in [-0.15, -0.1) is 0 Å². The highest BCUT2D eigenvalue weighted by Crippen LogP contribution is 2.19. The van der Waals surface area contributed by atoms with Gasteiger partial charge >= 0.3 is 0 Å². The molecule has 0 bridgehead atoms. The minimum absolute atomic E-state index is 0.133. The van der Waals surface area contributed by atoms with E-state index in [1.807, 2.05) is 11.9 Å². The molecule has 0 saturated carbocycles. The Balaban J connectivity index is 1.94. The van der Waals surface area contributed by atoms with Gasteiger partial charge in [0.15, 0.2) is 0 Å². The van der Waals surface area contributed by atoms with Crippen LogP contribution in [-0.4, -0.2) is 68.2 Å². The first-order valence-electron chi connectivity index (χ1n) is 6.38. The molecule has 17 heavy (non-hydrogen) atoms. The number of amides is 1. The summed E-state index contributed by atoms with van der Waals surface area (Å²) in [5.41, 5.74) is 5.89. The molecule has 2 fully saturated rings. The minimum Gasteiger partial charge on any atom is -0.379 e. The van der Waals surface area contributed by atoms with Crippen molar-refractivity contribution in [2.45, 2.75) is 24.9 Å². The van der Waals surface area contributed by atoms with Gasteiger partial charge in [-0.3, -0.25) is 4.79 Å². The topological polar surface area (TPSA) is 58.8 Å². The Morgan fingerprint density at radius 1 is 1.47 bits per heavy atom. The largest absolute Gasteiger partial charge is 0.379 e. The summed E-state index contributed by atoms with van der Waals surface area (Å²) >= 11 is 0. The van der Waals surface area contributed by atoms with E-state index in [1.165, 1.54) is 0 Å². The predicted molar refractivity (Wildman–Crippen MR) is 65.6 cm³/mol. The molecule has 3 atom stereocenters. The summed E-state index contributed by atoms with van der Waals surface area (Å²) in [5.74, 6) is 0.00235. The molecular weight excluding hydrogens is 218 g/mol. The number of rotatable bonds is 2. The normalized spacial score (nSPS) is 34.9. The molecule has 2 aliphatic heterocycles. The smallest absolute Gasteiger partial charge is 0.229 e. The van der Waals surface area contributed by atoms with E-state index in [4.69, 9.17) is 10.5 Å². The van der Waals surface area contributed by atoms with Gasteiger partial charge in [0.05, 0.1) is 19.1 Å². The second-order valence-corrected chi connectivity index (χ2v) is 5.32. The van der Waals surface area contributed by atoms with Gasteiger partial charge in [-0.1, -0.05) is 0 Å². The zero-order chi connectivity index (χ0) is 12.4. The van der Waals surface area contributed by atoms with Gasteiger partial charge in [0.1, 0.15) is 0 Å². The monoisotopic (exact) mass is 241 g/mol. The quantitative estimate of drug-likeness (QED) is 0.709. The van der Waals surface area contributed by atoms with Crippen molar-refractivity contribution in [1.82, 2.24) is 9.80 Å². The number of likely N-dealkylation sites (tertiary alicyclic amines) is 1. The van der Waals surface area contributed by atoms with Gasteiger partial charge in [-0.05, 0) is 26.4 Å². The van der Waals surface area contributed by atoms with Crippen molar-refractivity contribution in [2.24, 2.45) is 11.7 Å². The van der Waals surface area contributed by atoms with E-state index in [0.29, 0.717) is 19.3 Å².